The van der Waals surface area contributed by atoms with Crippen molar-refractivity contribution in [2.75, 3.05) is 7.11 Å². The minimum absolute atomic E-state index is 0.0114. The molecule has 100 valence electrons. The lowest BCUT2D eigenvalue weighted by Crippen LogP contribution is -1.97. The Kier molecular flexibility index (Phi) is 3.85. The van der Waals surface area contributed by atoms with Gasteiger partial charge in [-0.2, -0.15) is 0 Å². The molecule has 0 aliphatic heterocycles. The summed E-state index contributed by atoms with van der Waals surface area (Å²) in [4.78, 5) is 14.8. The van der Waals surface area contributed by atoms with Crippen molar-refractivity contribution in [1.82, 2.24) is 4.98 Å². The number of carboxylic acids is 1. The molecule has 19 heavy (non-hydrogen) atoms. The highest BCUT2D eigenvalue weighted by Gasteiger charge is 2.13. The van der Waals surface area contributed by atoms with Crippen LogP contribution in [0.1, 0.15) is 18.0 Å². The van der Waals surface area contributed by atoms with Crippen molar-refractivity contribution < 1.29 is 19.1 Å². The number of nitrogens with zero attached hydrogens (tertiary/aromatic N) is 1. The Morgan fingerprint density at radius 3 is 2.95 bits per heavy atom. The highest BCUT2D eigenvalue weighted by atomic mass is 16.5. The summed E-state index contributed by atoms with van der Waals surface area (Å²) in [5.74, 6) is 0.969. The van der Waals surface area contributed by atoms with Gasteiger partial charge in [-0.05, 0) is 19.1 Å². The predicted octanol–water partition coefficient (Wildman–Crippen LogP) is 2.68. The van der Waals surface area contributed by atoms with Crippen LogP contribution in [0.4, 0.5) is 0 Å². The van der Waals surface area contributed by atoms with Gasteiger partial charge >= 0.3 is 5.97 Å². The molecule has 2 aromatic rings. The molecular formula is C14H15NO4. The third kappa shape index (κ3) is 3.13. The van der Waals surface area contributed by atoms with Gasteiger partial charge in [0.2, 0.25) is 0 Å². The fourth-order valence-corrected chi connectivity index (χ4v) is 1.81. The average molecular weight is 261 g/mol. The van der Waals surface area contributed by atoms with Crippen molar-refractivity contribution in [1.29, 1.82) is 0 Å². The highest BCUT2D eigenvalue weighted by molar-refractivity contribution is 5.67. The second kappa shape index (κ2) is 5.56. The van der Waals surface area contributed by atoms with E-state index in [9.17, 15) is 4.79 Å². The highest BCUT2D eigenvalue weighted by Crippen LogP contribution is 2.27. The van der Waals surface area contributed by atoms with Gasteiger partial charge in [-0.3, -0.25) is 4.79 Å². The van der Waals surface area contributed by atoms with Crippen molar-refractivity contribution in [3.8, 4) is 17.1 Å². The smallest absolute Gasteiger partial charge is 0.303 e. The fraction of sp³-hybridized carbons (Fsp3) is 0.286. The van der Waals surface area contributed by atoms with Gasteiger partial charge in [0.1, 0.15) is 5.75 Å². The standard InChI is InChI=1S/C14H15NO4/c1-9-14(10-4-3-5-11(8-10)18-2)19-12(15-9)6-7-13(16)17/h3-5,8H,6-7H2,1-2H3,(H,16,17). The maximum Gasteiger partial charge on any atom is 0.303 e. The zero-order valence-electron chi connectivity index (χ0n) is 10.8. The first-order valence-corrected chi connectivity index (χ1v) is 5.92. The molecule has 2 rings (SSSR count). The first kappa shape index (κ1) is 13.1. The minimum Gasteiger partial charge on any atom is -0.497 e. The number of rotatable bonds is 5. The van der Waals surface area contributed by atoms with Crippen molar-refractivity contribution in [2.24, 2.45) is 0 Å². The van der Waals surface area contributed by atoms with Gasteiger partial charge in [0.25, 0.3) is 0 Å². The summed E-state index contributed by atoms with van der Waals surface area (Å²) in [6.45, 7) is 1.84. The van der Waals surface area contributed by atoms with Crippen LogP contribution in [0.15, 0.2) is 28.7 Å². The largest absolute Gasteiger partial charge is 0.497 e. The van der Waals surface area contributed by atoms with Crippen LogP contribution < -0.4 is 4.74 Å². The van der Waals surface area contributed by atoms with Gasteiger partial charge in [0.05, 0.1) is 19.2 Å². The van der Waals surface area contributed by atoms with Crippen molar-refractivity contribution in [3.05, 3.63) is 35.9 Å². The SMILES string of the molecule is COc1cccc(-c2oc(CCC(=O)O)nc2C)c1. The van der Waals surface area contributed by atoms with Crippen molar-refractivity contribution in [3.63, 3.8) is 0 Å². The maximum atomic E-state index is 10.5. The van der Waals surface area contributed by atoms with Gasteiger partial charge in [0, 0.05) is 12.0 Å². The van der Waals surface area contributed by atoms with Crippen LogP contribution in [0, 0.1) is 6.92 Å². The molecular weight excluding hydrogens is 246 g/mol. The summed E-state index contributed by atoms with van der Waals surface area (Å²) in [5.41, 5.74) is 1.61. The Morgan fingerprint density at radius 1 is 1.47 bits per heavy atom. The Bertz CT molecular complexity index is 589. The molecule has 0 radical (unpaired) electrons. The summed E-state index contributed by atoms with van der Waals surface area (Å²) in [5, 5.41) is 8.65. The normalized spacial score (nSPS) is 10.4. The number of oxazole rings is 1. The van der Waals surface area contributed by atoms with Gasteiger partial charge < -0.3 is 14.3 Å². The number of carbonyl (C=O) groups is 1. The number of ether oxygens (including phenoxy) is 1. The third-order valence-corrected chi connectivity index (χ3v) is 2.73. The Hall–Kier alpha value is -2.30. The summed E-state index contributed by atoms with van der Waals surface area (Å²) in [6.07, 6.45) is 0.303. The van der Waals surface area contributed by atoms with Crippen LogP contribution in [0.5, 0.6) is 5.75 Å². The van der Waals surface area contributed by atoms with E-state index in [0.717, 1.165) is 17.0 Å². The molecule has 5 nitrogen and oxygen atoms in total. The van der Waals surface area contributed by atoms with Crippen LogP contribution >= 0.6 is 0 Å². The molecule has 0 saturated heterocycles. The number of carboxylic acid groups (broad SMARTS) is 1. The lowest BCUT2D eigenvalue weighted by atomic mass is 10.1. The first-order valence-electron chi connectivity index (χ1n) is 5.92. The zero-order chi connectivity index (χ0) is 13.8. The Morgan fingerprint density at radius 2 is 2.26 bits per heavy atom. The molecule has 1 aromatic carbocycles. The molecule has 0 spiro atoms. The summed E-state index contributed by atoms with van der Waals surface area (Å²) < 4.78 is 10.8. The third-order valence-electron chi connectivity index (χ3n) is 2.73. The minimum atomic E-state index is -0.862. The van der Waals surface area contributed by atoms with E-state index in [0.29, 0.717) is 18.1 Å². The number of benzene rings is 1. The summed E-state index contributed by atoms with van der Waals surface area (Å²) in [6, 6.07) is 7.47. The van der Waals surface area contributed by atoms with Gasteiger partial charge in [-0.1, -0.05) is 12.1 Å². The average Bonchev–Trinajstić information content (AvgIpc) is 2.78. The van der Waals surface area contributed by atoms with E-state index < -0.39 is 5.97 Å². The van der Waals surface area contributed by atoms with Crippen LogP contribution in [0.2, 0.25) is 0 Å². The van der Waals surface area contributed by atoms with Crippen LogP contribution in [-0.4, -0.2) is 23.2 Å². The lowest BCUT2D eigenvalue weighted by molar-refractivity contribution is -0.137. The number of aryl methyl sites for hydroxylation is 2. The van der Waals surface area contributed by atoms with E-state index in [2.05, 4.69) is 4.98 Å². The Labute approximate surface area is 110 Å². The van der Waals surface area contributed by atoms with Gasteiger partial charge in [-0.15, -0.1) is 0 Å². The van der Waals surface area contributed by atoms with Crippen LogP contribution in [0.25, 0.3) is 11.3 Å². The summed E-state index contributed by atoms with van der Waals surface area (Å²) >= 11 is 0. The van der Waals surface area contributed by atoms with E-state index in [4.69, 9.17) is 14.3 Å². The topological polar surface area (TPSA) is 72.6 Å². The zero-order valence-corrected chi connectivity index (χ0v) is 10.8. The molecule has 0 aliphatic carbocycles. The molecule has 1 N–H and O–H groups in total. The van der Waals surface area contributed by atoms with Crippen LogP contribution in [-0.2, 0) is 11.2 Å². The number of aromatic nitrogens is 1. The van der Waals surface area contributed by atoms with Crippen molar-refractivity contribution >= 4 is 5.97 Å². The first-order chi connectivity index (χ1) is 9.10. The molecule has 0 unspecified atom stereocenters. The monoisotopic (exact) mass is 261 g/mol. The lowest BCUT2D eigenvalue weighted by Gasteiger charge is -2.02. The van der Waals surface area contributed by atoms with Gasteiger partial charge in [-0.25, -0.2) is 4.98 Å². The molecule has 0 fully saturated rings. The molecule has 0 atom stereocenters. The van der Waals surface area contributed by atoms with Crippen LogP contribution in [0.3, 0.4) is 0 Å². The molecule has 1 heterocycles. The second-order valence-corrected chi connectivity index (χ2v) is 4.15. The molecule has 0 bridgehead atoms. The molecule has 0 amide bonds. The van der Waals surface area contributed by atoms with Gasteiger partial charge in [0.15, 0.2) is 11.7 Å². The van der Waals surface area contributed by atoms with E-state index in [1.165, 1.54) is 0 Å². The molecule has 5 heteroatoms. The molecule has 0 aliphatic rings. The molecule has 1 aromatic heterocycles. The molecule has 0 saturated carbocycles. The summed E-state index contributed by atoms with van der Waals surface area (Å²) in [7, 11) is 1.60. The quantitative estimate of drug-likeness (QED) is 0.895. The van der Waals surface area contributed by atoms with E-state index in [1.54, 1.807) is 7.11 Å². The van der Waals surface area contributed by atoms with Crippen molar-refractivity contribution in [2.45, 2.75) is 19.8 Å². The Balaban J connectivity index is 2.26. The van der Waals surface area contributed by atoms with E-state index in [1.807, 2.05) is 31.2 Å². The predicted molar refractivity (Wildman–Crippen MR) is 69.2 cm³/mol. The number of hydrogen-bond donors (Lipinski definition) is 1. The fourth-order valence-electron chi connectivity index (χ4n) is 1.81. The van der Waals surface area contributed by atoms with E-state index in [-0.39, 0.29) is 6.42 Å². The second-order valence-electron chi connectivity index (χ2n) is 4.15. The number of aliphatic carboxylic acids is 1. The van der Waals surface area contributed by atoms with E-state index >= 15 is 0 Å². The number of hydrogen-bond acceptors (Lipinski definition) is 4. The number of methoxy groups -OCH3 is 1. The maximum absolute atomic E-state index is 10.5.